The molecule has 3 rings (SSSR count). The maximum Gasteiger partial charge on any atom is 0.244 e. The van der Waals surface area contributed by atoms with E-state index in [2.05, 4.69) is 30.7 Å². The molecule has 0 aliphatic carbocycles. The molecular formula is C23H38N4O3S. The van der Waals surface area contributed by atoms with Crippen LogP contribution in [0.2, 0.25) is 0 Å². The first kappa shape index (κ1) is 24.1. The number of anilines is 1. The molecule has 0 radical (unpaired) electrons. The fraction of sp³-hybridized carbons (Fsp3) is 0.739. The van der Waals surface area contributed by atoms with Gasteiger partial charge in [-0.15, -0.1) is 0 Å². The van der Waals surface area contributed by atoms with Crippen LogP contribution in [0.3, 0.4) is 0 Å². The number of sulfonamides is 1. The molecule has 1 amide bonds. The SMILES string of the molecule is CC(=O)N(C)c1ccc(S(=O)(=O)N2CCC3(CCN(CCC(C)(C)C)CC3)CC2)cn1. The molecule has 8 heteroatoms. The van der Waals surface area contributed by atoms with Gasteiger partial charge in [-0.1, -0.05) is 20.8 Å². The minimum Gasteiger partial charge on any atom is -0.303 e. The van der Waals surface area contributed by atoms with Crippen molar-refractivity contribution in [3.05, 3.63) is 18.3 Å². The number of likely N-dealkylation sites (tertiary alicyclic amines) is 1. The topological polar surface area (TPSA) is 73.8 Å². The summed E-state index contributed by atoms with van der Waals surface area (Å²) in [6.07, 6.45) is 6.76. The Labute approximate surface area is 187 Å². The quantitative estimate of drug-likeness (QED) is 0.688. The van der Waals surface area contributed by atoms with Crippen LogP contribution in [0.15, 0.2) is 23.2 Å². The molecule has 1 aromatic rings. The molecule has 7 nitrogen and oxygen atoms in total. The van der Waals surface area contributed by atoms with Crippen LogP contribution in [0, 0.1) is 10.8 Å². The molecular weight excluding hydrogens is 412 g/mol. The van der Waals surface area contributed by atoms with Crippen LogP contribution in [0.5, 0.6) is 0 Å². The minimum absolute atomic E-state index is 0.145. The van der Waals surface area contributed by atoms with E-state index in [4.69, 9.17) is 0 Å². The van der Waals surface area contributed by atoms with Crippen LogP contribution < -0.4 is 4.90 Å². The number of amides is 1. The molecule has 0 saturated carbocycles. The molecule has 174 valence electrons. The molecule has 0 N–H and O–H groups in total. The molecule has 2 aliphatic heterocycles. The van der Waals surface area contributed by atoms with E-state index in [1.165, 1.54) is 37.3 Å². The van der Waals surface area contributed by atoms with Crippen molar-refractivity contribution >= 4 is 21.7 Å². The third kappa shape index (κ3) is 5.84. The fourth-order valence-electron chi connectivity index (χ4n) is 4.48. The van der Waals surface area contributed by atoms with Crippen molar-refractivity contribution in [2.24, 2.45) is 10.8 Å². The van der Waals surface area contributed by atoms with Gasteiger partial charge >= 0.3 is 0 Å². The first-order chi connectivity index (χ1) is 14.4. The number of hydrogen-bond acceptors (Lipinski definition) is 5. The van der Waals surface area contributed by atoms with Crippen LogP contribution in [0.25, 0.3) is 0 Å². The second-order valence-corrected chi connectivity index (χ2v) is 12.4. The van der Waals surface area contributed by atoms with E-state index in [1.807, 2.05) is 0 Å². The zero-order valence-corrected chi connectivity index (χ0v) is 20.5. The summed E-state index contributed by atoms with van der Waals surface area (Å²) in [6, 6.07) is 3.14. The van der Waals surface area contributed by atoms with Crippen molar-refractivity contribution in [2.75, 3.05) is 44.7 Å². The Morgan fingerprint density at radius 1 is 1.10 bits per heavy atom. The number of nitrogens with zero attached hydrogens (tertiary/aromatic N) is 4. The molecule has 0 atom stereocenters. The highest BCUT2D eigenvalue weighted by Crippen LogP contribution is 2.42. The number of carbonyl (C=O) groups is 1. The molecule has 31 heavy (non-hydrogen) atoms. The highest BCUT2D eigenvalue weighted by molar-refractivity contribution is 7.89. The van der Waals surface area contributed by atoms with Gasteiger partial charge in [0.1, 0.15) is 10.7 Å². The monoisotopic (exact) mass is 450 g/mol. The second-order valence-electron chi connectivity index (χ2n) is 10.5. The van der Waals surface area contributed by atoms with Crippen LogP contribution in [0.1, 0.15) is 59.8 Å². The highest BCUT2D eigenvalue weighted by atomic mass is 32.2. The van der Waals surface area contributed by atoms with Crippen LogP contribution in [-0.2, 0) is 14.8 Å². The van der Waals surface area contributed by atoms with Gasteiger partial charge in [0.15, 0.2) is 0 Å². The Hall–Kier alpha value is -1.51. The van der Waals surface area contributed by atoms with Gasteiger partial charge in [-0.3, -0.25) is 4.79 Å². The third-order valence-corrected chi connectivity index (χ3v) is 8.93. The van der Waals surface area contributed by atoms with Crippen molar-refractivity contribution in [3.63, 3.8) is 0 Å². The third-order valence-electron chi connectivity index (χ3n) is 7.05. The molecule has 1 spiro atoms. The van der Waals surface area contributed by atoms with Crippen LogP contribution in [0.4, 0.5) is 5.82 Å². The molecule has 0 unspecified atom stereocenters. The van der Waals surface area contributed by atoms with E-state index in [1.54, 1.807) is 23.5 Å². The minimum atomic E-state index is -3.56. The average molecular weight is 451 g/mol. The zero-order valence-electron chi connectivity index (χ0n) is 19.7. The van der Waals surface area contributed by atoms with Gasteiger partial charge in [-0.05, 0) is 74.7 Å². The van der Waals surface area contributed by atoms with Gasteiger partial charge in [-0.2, -0.15) is 4.31 Å². The van der Waals surface area contributed by atoms with E-state index in [-0.39, 0.29) is 16.2 Å². The Kier molecular flexibility index (Phi) is 7.13. The largest absolute Gasteiger partial charge is 0.303 e. The highest BCUT2D eigenvalue weighted by Gasteiger charge is 2.40. The number of carbonyl (C=O) groups excluding carboxylic acids is 1. The normalized spacial score (nSPS) is 20.7. The van der Waals surface area contributed by atoms with Gasteiger partial charge in [-0.25, -0.2) is 13.4 Å². The molecule has 2 fully saturated rings. The molecule has 1 aromatic heterocycles. The van der Waals surface area contributed by atoms with Crippen molar-refractivity contribution in [2.45, 2.75) is 64.7 Å². The van der Waals surface area contributed by atoms with Crippen LogP contribution >= 0.6 is 0 Å². The average Bonchev–Trinajstić information content (AvgIpc) is 2.72. The van der Waals surface area contributed by atoms with Crippen molar-refractivity contribution in [1.82, 2.24) is 14.2 Å². The smallest absolute Gasteiger partial charge is 0.244 e. The first-order valence-electron chi connectivity index (χ1n) is 11.3. The lowest BCUT2D eigenvalue weighted by Gasteiger charge is -2.46. The number of aromatic nitrogens is 1. The predicted molar refractivity (Wildman–Crippen MR) is 123 cm³/mol. The summed E-state index contributed by atoms with van der Waals surface area (Å²) in [4.78, 5) is 19.8. The summed E-state index contributed by atoms with van der Waals surface area (Å²) >= 11 is 0. The van der Waals surface area contributed by atoms with Gasteiger partial charge in [0.2, 0.25) is 15.9 Å². The first-order valence-corrected chi connectivity index (χ1v) is 12.8. The Morgan fingerprint density at radius 3 is 2.16 bits per heavy atom. The van der Waals surface area contributed by atoms with Gasteiger partial charge in [0.25, 0.3) is 0 Å². The lowest BCUT2D eigenvalue weighted by molar-refractivity contribution is -0.116. The predicted octanol–water partition coefficient (Wildman–Crippen LogP) is 3.37. The van der Waals surface area contributed by atoms with E-state index < -0.39 is 10.0 Å². The summed E-state index contributed by atoms with van der Waals surface area (Å²) in [7, 11) is -1.94. The van der Waals surface area contributed by atoms with E-state index in [9.17, 15) is 13.2 Å². The summed E-state index contributed by atoms with van der Waals surface area (Å²) in [5, 5.41) is 0. The number of rotatable bonds is 5. The lowest BCUT2D eigenvalue weighted by Crippen LogP contribution is -2.48. The zero-order chi connectivity index (χ0) is 22.9. The van der Waals surface area contributed by atoms with E-state index in [0.29, 0.717) is 24.3 Å². The fourth-order valence-corrected chi connectivity index (χ4v) is 5.87. The van der Waals surface area contributed by atoms with Gasteiger partial charge < -0.3 is 9.80 Å². The molecule has 3 heterocycles. The molecule has 0 aromatic carbocycles. The van der Waals surface area contributed by atoms with Crippen LogP contribution in [-0.4, -0.2) is 68.3 Å². The maximum atomic E-state index is 13.1. The van der Waals surface area contributed by atoms with Crippen molar-refractivity contribution < 1.29 is 13.2 Å². The lowest BCUT2D eigenvalue weighted by atomic mass is 9.71. The van der Waals surface area contributed by atoms with Crippen molar-refractivity contribution in [3.8, 4) is 0 Å². The van der Waals surface area contributed by atoms with Crippen molar-refractivity contribution in [1.29, 1.82) is 0 Å². The van der Waals surface area contributed by atoms with E-state index >= 15 is 0 Å². The second kappa shape index (κ2) is 9.16. The summed E-state index contributed by atoms with van der Waals surface area (Å²) in [5.74, 6) is 0.302. The van der Waals surface area contributed by atoms with Gasteiger partial charge in [0.05, 0.1) is 0 Å². The number of pyridine rings is 1. The van der Waals surface area contributed by atoms with E-state index in [0.717, 1.165) is 32.5 Å². The number of piperidine rings is 2. The number of hydrogen-bond donors (Lipinski definition) is 0. The standard InChI is InChI=1S/C23H38N4O3S/c1-19(28)25(5)21-7-6-20(18-24-21)31(29,30)27-16-11-23(12-17-27)9-14-26(15-10-23)13-8-22(2,3)4/h6-7,18H,8-17H2,1-5H3. The maximum absolute atomic E-state index is 13.1. The Morgan fingerprint density at radius 2 is 1.68 bits per heavy atom. The van der Waals surface area contributed by atoms with Gasteiger partial charge in [0, 0.05) is 33.3 Å². The molecule has 2 saturated heterocycles. The molecule has 0 bridgehead atoms. The summed E-state index contributed by atoms with van der Waals surface area (Å²) < 4.78 is 27.8. The molecule has 2 aliphatic rings. The Bertz CT molecular complexity index is 859. The summed E-state index contributed by atoms with van der Waals surface area (Å²) in [5.41, 5.74) is 0.653. The summed E-state index contributed by atoms with van der Waals surface area (Å²) in [6.45, 7) is 12.9. The Balaban J connectivity index is 1.56.